The fourth-order valence-corrected chi connectivity index (χ4v) is 4.79. The molecule has 0 amide bonds. The van der Waals surface area contributed by atoms with E-state index in [-0.39, 0.29) is 6.61 Å². The van der Waals surface area contributed by atoms with Crippen molar-refractivity contribution in [2.24, 2.45) is 0 Å². The van der Waals surface area contributed by atoms with Crippen LogP contribution in [-0.2, 0) is 13.9 Å². The van der Waals surface area contributed by atoms with Crippen LogP contribution in [0.1, 0.15) is 46.5 Å². The fourth-order valence-electron chi connectivity index (χ4n) is 1.79. The molecule has 1 unspecified atom stereocenters. The normalized spacial score (nSPS) is 14.5. The van der Waals surface area contributed by atoms with Crippen LogP contribution in [0.3, 0.4) is 0 Å². The van der Waals surface area contributed by atoms with Crippen molar-refractivity contribution in [3.63, 3.8) is 0 Å². The molecular weight excluding hydrogens is 350 g/mol. The summed E-state index contributed by atoms with van der Waals surface area (Å²) in [5.41, 5.74) is 2.64. The van der Waals surface area contributed by atoms with Gasteiger partial charge in [-0.1, -0.05) is 29.2 Å². The predicted molar refractivity (Wildman–Crippen MR) is 97.0 cm³/mol. The molecular formula is C16H28O6P2. The first-order chi connectivity index (χ1) is 11.0. The molecule has 0 bridgehead atoms. The highest BCUT2D eigenvalue weighted by Gasteiger charge is 2.29. The second-order valence-electron chi connectivity index (χ2n) is 5.89. The van der Waals surface area contributed by atoms with E-state index in [9.17, 15) is 14.0 Å². The van der Waals surface area contributed by atoms with Crippen molar-refractivity contribution < 1.29 is 28.5 Å². The van der Waals surface area contributed by atoms with Crippen LogP contribution in [-0.4, -0.2) is 33.5 Å². The maximum atomic E-state index is 11.4. The van der Waals surface area contributed by atoms with Crippen LogP contribution in [0.15, 0.2) is 23.3 Å². The summed E-state index contributed by atoms with van der Waals surface area (Å²) in [4.78, 5) is 26.7. The SMILES string of the molecule is CC(C)=CCCC(C)=CCCC#CCOCP(=O)(O)CP(=O)(O)O. The van der Waals surface area contributed by atoms with Crippen LogP contribution >= 0.6 is 15.0 Å². The highest BCUT2D eigenvalue weighted by atomic mass is 31.2. The molecule has 6 nitrogen and oxygen atoms in total. The Balaban J connectivity index is 3.91. The Hall–Kier alpha value is -0.660. The molecule has 0 rings (SSSR count). The minimum atomic E-state index is -4.52. The van der Waals surface area contributed by atoms with Crippen molar-refractivity contribution in [2.45, 2.75) is 46.5 Å². The lowest BCUT2D eigenvalue weighted by Crippen LogP contribution is -2.00. The van der Waals surface area contributed by atoms with Crippen molar-refractivity contribution in [1.29, 1.82) is 0 Å². The van der Waals surface area contributed by atoms with Gasteiger partial charge < -0.3 is 19.4 Å². The summed E-state index contributed by atoms with van der Waals surface area (Å²) in [5, 5.41) is 0. The summed E-state index contributed by atoms with van der Waals surface area (Å²) in [6, 6.07) is 0. The number of hydrogen-bond acceptors (Lipinski definition) is 3. The topological polar surface area (TPSA) is 104 Å². The number of rotatable bonds is 10. The molecule has 0 radical (unpaired) electrons. The maximum absolute atomic E-state index is 11.4. The van der Waals surface area contributed by atoms with Gasteiger partial charge in [-0.3, -0.25) is 9.13 Å². The number of ether oxygens (including phenoxy) is 1. The van der Waals surface area contributed by atoms with Crippen LogP contribution in [0.25, 0.3) is 0 Å². The van der Waals surface area contributed by atoms with Gasteiger partial charge in [0.1, 0.15) is 18.9 Å². The lowest BCUT2D eigenvalue weighted by Gasteiger charge is -2.11. The molecule has 0 saturated carbocycles. The van der Waals surface area contributed by atoms with Gasteiger partial charge in [-0.05, 0) is 40.0 Å². The smallest absolute Gasteiger partial charge is 0.335 e. The van der Waals surface area contributed by atoms with Crippen LogP contribution in [0.2, 0.25) is 0 Å². The highest BCUT2D eigenvalue weighted by Crippen LogP contribution is 2.54. The van der Waals surface area contributed by atoms with E-state index in [0.717, 1.165) is 19.3 Å². The maximum Gasteiger partial charge on any atom is 0.335 e. The van der Waals surface area contributed by atoms with E-state index in [2.05, 4.69) is 44.8 Å². The average Bonchev–Trinajstić information content (AvgIpc) is 2.38. The minimum absolute atomic E-state index is 0.0328. The molecule has 0 spiro atoms. The van der Waals surface area contributed by atoms with Gasteiger partial charge in [0.05, 0.1) is 0 Å². The minimum Gasteiger partial charge on any atom is -0.359 e. The molecule has 0 aromatic carbocycles. The lowest BCUT2D eigenvalue weighted by molar-refractivity contribution is 0.204. The summed E-state index contributed by atoms with van der Waals surface area (Å²) in [5.74, 6) is 4.54. The summed E-state index contributed by atoms with van der Waals surface area (Å²) in [7, 11) is -8.49. The van der Waals surface area contributed by atoms with E-state index in [1.807, 2.05) is 0 Å². The van der Waals surface area contributed by atoms with Crippen LogP contribution in [0, 0.1) is 11.8 Å². The van der Waals surface area contributed by atoms with Gasteiger partial charge in [-0.25, -0.2) is 0 Å². The molecule has 0 aromatic heterocycles. The number of hydrogen-bond donors (Lipinski definition) is 3. The molecule has 24 heavy (non-hydrogen) atoms. The third kappa shape index (κ3) is 16.2. The van der Waals surface area contributed by atoms with Gasteiger partial charge in [-0.2, -0.15) is 0 Å². The molecule has 0 aliphatic heterocycles. The summed E-state index contributed by atoms with van der Waals surface area (Å²) >= 11 is 0. The number of unbranched alkanes of at least 4 members (excludes halogenated alkanes) is 1. The van der Waals surface area contributed by atoms with E-state index in [4.69, 9.17) is 14.5 Å². The molecule has 138 valence electrons. The Morgan fingerprint density at radius 1 is 1.04 bits per heavy atom. The van der Waals surface area contributed by atoms with Crippen molar-refractivity contribution in [3.05, 3.63) is 23.3 Å². The first-order valence-electron chi connectivity index (χ1n) is 7.70. The predicted octanol–water partition coefficient (Wildman–Crippen LogP) is 3.84. The fraction of sp³-hybridized carbons (Fsp3) is 0.625. The largest absolute Gasteiger partial charge is 0.359 e. The third-order valence-corrected chi connectivity index (χ3v) is 6.68. The summed E-state index contributed by atoms with van der Waals surface area (Å²) < 4.78 is 27.0. The first kappa shape index (κ1) is 23.3. The molecule has 0 aliphatic rings. The Bertz CT molecular complexity index is 587. The average molecular weight is 378 g/mol. The zero-order chi connectivity index (χ0) is 18.6. The Morgan fingerprint density at radius 3 is 2.29 bits per heavy atom. The van der Waals surface area contributed by atoms with Crippen LogP contribution < -0.4 is 0 Å². The van der Waals surface area contributed by atoms with Crippen LogP contribution in [0.4, 0.5) is 0 Å². The molecule has 0 fully saturated rings. The molecule has 0 aromatic rings. The van der Waals surface area contributed by atoms with Gasteiger partial charge in [0.15, 0.2) is 0 Å². The molecule has 0 aliphatic carbocycles. The summed E-state index contributed by atoms with van der Waals surface area (Å²) in [6.45, 7) is 6.22. The van der Waals surface area contributed by atoms with Gasteiger partial charge in [-0.15, -0.1) is 5.92 Å². The molecule has 3 N–H and O–H groups in total. The Labute approximate surface area is 144 Å². The monoisotopic (exact) mass is 378 g/mol. The zero-order valence-electron chi connectivity index (χ0n) is 14.6. The Kier molecular flexibility index (Phi) is 11.5. The number of allylic oxidation sites excluding steroid dienone is 4. The quantitative estimate of drug-likeness (QED) is 0.231. The first-order valence-corrected chi connectivity index (χ1v) is 11.5. The Morgan fingerprint density at radius 2 is 1.71 bits per heavy atom. The second kappa shape index (κ2) is 11.8. The van der Waals surface area contributed by atoms with Gasteiger partial charge in [0, 0.05) is 6.42 Å². The molecule has 1 atom stereocenters. The third-order valence-electron chi connectivity index (χ3n) is 2.85. The van der Waals surface area contributed by atoms with Crippen molar-refractivity contribution >= 4 is 15.0 Å². The zero-order valence-corrected chi connectivity index (χ0v) is 16.4. The standard InChI is InChI=1S/C16H28O6P2/c1-15(2)9-8-11-16(3)10-6-4-5-7-12-22-13-23(17,18)14-24(19,20)21/h9-10H,4,6,8,11-14H2,1-3H3,(H,17,18)(H2,19,20,21). The highest BCUT2D eigenvalue weighted by molar-refractivity contribution is 7.72. The van der Waals surface area contributed by atoms with Gasteiger partial charge in [0.25, 0.3) is 0 Å². The molecule has 0 heterocycles. The van der Waals surface area contributed by atoms with Crippen molar-refractivity contribution in [3.8, 4) is 11.8 Å². The van der Waals surface area contributed by atoms with Crippen molar-refractivity contribution in [2.75, 3.05) is 18.9 Å². The molecule has 0 saturated heterocycles. The molecule has 8 heteroatoms. The van der Waals surface area contributed by atoms with Gasteiger partial charge in [0.2, 0.25) is 7.37 Å². The van der Waals surface area contributed by atoms with E-state index >= 15 is 0 Å². The second-order valence-corrected chi connectivity index (χ2v) is 10.3. The van der Waals surface area contributed by atoms with Gasteiger partial charge >= 0.3 is 7.60 Å². The van der Waals surface area contributed by atoms with E-state index in [1.165, 1.54) is 11.1 Å². The van der Waals surface area contributed by atoms with E-state index < -0.39 is 27.2 Å². The summed E-state index contributed by atoms with van der Waals surface area (Å²) in [6.07, 6.45) is 7.34. The van der Waals surface area contributed by atoms with E-state index in [1.54, 1.807) is 0 Å². The van der Waals surface area contributed by atoms with Crippen molar-refractivity contribution in [1.82, 2.24) is 0 Å². The van der Waals surface area contributed by atoms with Crippen LogP contribution in [0.5, 0.6) is 0 Å². The van der Waals surface area contributed by atoms with E-state index in [0.29, 0.717) is 6.42 Å². The lowest BCUT2D eigenvalue weighted by atomic mass is 10.1.